The van der Waals surface area contributed by atoms with Crippen LogP contribution >= 0.6 is 0 Å². The fourth-order valence-corrected chi connectivity index (χ4v) is 1.70. The van der Waals surface area contributed by atoms with Gasteiger partial charge < -0.3 is 15.2 Å². The maximum atomic E-state index is 9.82. The van der Waals surface area contributed by atoms with Crippen LogP contribution in [0.15, 0.2) is 18.2 Å². The molecule has 2 rings (SSSR count). The third kappa shape index (κ3) is 1.94. The van der Waals surface area contributed by atoms with Crippen LogP contribution in [-0.2, 0) is 4.74 Å². The Balaban J connectivity index is 2.31. The summed E-state index contributed by atoms with van der Waals surface area (Å²) in [5.41, 5.74) is 1.04. The van der Waals surface area contributed by atoms with Crippen molar-refractivity contribution < 1.29 is 9.84 Å². The largest absolute Gasteiger partial charge is 0.506 e. The summed E-state index contributed by atoms with van der Waals surface area (Å²) < 4.78 is 5.31. The molecular weight excluding hydrogens is 192 g/mol. The Morgan fingerprint density at radius 1 is 1.53 bits per heavy atom. The topological polar surface area (TPSA) is 65.3 Å². The maximum absolute atomic E-state index is 9.82. The van der Waals surface area contributed by atoms with Crippen molar-refractivity contribution in [2.24, 2.45) is 0 Å². The number of nitriles is 1. The number of rotatable bonds is 1. The lowest BCUT2D eigenvalue weighted by molar-refractivity contribution is 0.0761. The molecule has 0 radical (unpaired) electrons. The maximum Gasteiger partial charge on any atom is 0.138 e. The molecule has 0 aliphatic carbocycles. The summed E-state index contributed by atoms with van der Waals surface area (Å²) in [4.78, 5) is 0. The van der Waals surface area contributed by atoms with E-state index in [0.29, 0.717) is 18.8 Å². The van der Waals surface area contributed by atoms with Gasteiger partial charge in [0.05, 0.1) is 24.8 Å². The molecule has 0 aromatic heterocycles. The lowest BCUT2D eigenvalue weighted by Crippen LogP contribution is -2.34. The van der Waals surface area contributed by atoms with E-state index in [1.807, 2.05) is 12.1 Å². The van der Waals surface area contributed by atoms with Crippen LogP contribution in [0.4, 0.5) is 0 Å². The summed E-state index contributed by atoms with van der Waals surface area (Å²) in [6.07, 6.45) is 0. The standard InChI is InChI=1S/C11H12N2O2/c12-6-8-2-1-3-9(11(8)14)10-7-15-5-4-13-10/h1-3,10,13-14H,4-5,7H2/t10-/m1/s1. The van der Waals surface area contributed by atoms with Crippen molar-refractivity contribution in [3.8, 4) is 11.8 Å². The fraction of sp³-hybridized carbons (Fsp3) is 0.364. The molecule has 1 aliphatic rings. The van der Waals surface area contributed by atoms with Crippen LogP contribution in [0, 0.1) is 11.3 Å². The van der Waals surface area contributed by atoms with Crippen molar-refractivity contribution in [1.29, 1.82) is 5.26 Å². The number of phenolic OH excluding ortho intramolecular Hbond substituents is 1. The number of nitrogens with zero attached hydrogens (tertiary/aromatic N) is 1. The number of nitrogens with one attached hydrogen (secondary N) is 1. The Morgan fingerprint density at radius 3 is 3.07 bits per heavy atom. The van der Waals surface area contributed by atoms with E-state index in [4.69, 9.17) is 10.00 Å². The molecule has 1 heterocycles. The van der Waals surface area contributed by atoms with E-state index < -0.39 is 0 Å². The van der Waals surface area contributed by atoms with Crippen molar-refractivity contribution in [2.75, 3.05) is 19.8 Å². The number of benzene rings is 1. The third-order valence-corrected chi connectivity index (χ3v) is 2.48. The molecule has 0 saturated carbocycles. The van der Waals surface area contributed by atoms with Gasteiger partial charge in [-0.25, -0.2) is 0 Å². The van der Waals surface area contributed by atoms with Crippen LogP contribution in [0.3, 0.4) is 0 Å². The highest BCUT2D eigenvalue weighted by atomic mass is 16.5. The molecule has 4 heteroatoms. The van der Waals surface area contributed by atoms with Gasteiger partial charge in [0.1, 0.15) is 11.8 Å². The molecule has 0 unspecified atom stereocenters. The number of phenols is 1. The van der Waals surface area contributed by atoms with E-state index >= 15 is 0 Å². The normalized spacial score (nSPS) is 20.9. The Hall–Kier alpha value is -1.57. The number of morpholine rings is 1. The van der Waals surface area contributed by atoms with E-state index in [1.54, 1.807) is 12.1 Å². The second-order valence-corrected chi connectivity index (χ2v) is 3.44. The first-order valence-electron chi connectivity index (χ1n) is 4.86. The smallest absolute Gasteiger partial charge is 0.138 e. The molecule has 15 heavy (non-hydrogen) atoms. The Morgan fingerprint density at radius 2 is 2.40 bits per heavy atom. The minimum absolute atomic E-state index is 0.0213. The second-order valence-electron chi connectivity index (χ2n) is 3.44. The first-order valence-corrected chi connectivity index (χ1v) is 4.86. The van der Waals surface area contributed by atoms with E-state index in [0.717, 1.165) is 12.1 Å². The molecule has 0 amide bonds. The molecular formula is C11H12N2O2. The van der Waals surface area contributed by atoms with Crippen molar-refractivity contribution >= 4 is 0 Å². The van der Waals surface area contributed by atoms with Crippen molar-refractivity contribution in [3.05, 3.63) is 29.3 Å². The van der Waals surface area contributed by atoms with Crippen molar-refractivity contribution in [1.82, 2.24) is 5.32 Å². The first kappa shape index (κ1) is 9.97. The molecule has 2 N–H and O–H groups in total. The average Bonchev–Trinajstić information content (AvgIpc) is 2.30. The number of aromatic hydroxyl groups is 1. The molecule has 1 saturated heterocycles. The van der Waals surface area contributed by atoms with Crippen LogP contribution in [-0.4, -0.2) is 24.9 Å². The van der Waals surface area contributed by atoms with Gasteiger partial charge >= 0.3 is 0 Å². The Kier molecular flexibility index (Phi) is 2.86. The summed E-state index contributed by atoms with van der Waals surface area (Å²) in [5, 5.41) is 21.8. The number of hydrogen-bond donors (Lipinski definition) is 2. The Bertz CT molecular complexity index is 392. The van der Waals surface area contributed by atoms with Gasteiger partial charge in [0, 0.05) is 12.1 Å². The highest BCUT2D eigenvalue weighted by molar-refractivity contribution is 5.48. The summed E-state index contributed by atoms with van der Waals surface area (Å²) in [7, 11) is 0. The van der Waals surface area contributed by atoms with Gasteiger partial charge in [-0.1, -0.05) is 12.1 Å². The minimum atomic E-state index is -0.0213. The van der Waals surface area contributed by atoms with E-state index in [1.165, 1.54) is 0 Å². The van der Waals surface area contributed by atoms with Gasteiger partial charge in [0.15, 0.2) is 0 Å². The van der Waals surface area contributed by atoms with Crippen molar-refractivity contribution in [2.45, 2.75) is 6.04 Å². The average molecular weight is 204 g/mol. The predicted molar refractivity (Wildman–Crippen MR) is 54.4 cm³/mol. The van der Waals surface area contributed by atoms with Crippen LogP contribution in [0.25, 0.3) is 0 Å². The number of para-hydroxylation sites is 1. The van der Waals surface area contributed by atoms with E-state index in [-0.39, 0.29) is 11.8 Å². The quantitative estimate of drug-likeness (QED) is 0.714. The highest BCUT2D eigenvalue weighted by Gasteiger charge is 2.19. The summed E-state index contributed by atoms with van der Waals surface area (Å²) in [6.45, 7) is 1.98. The van der Waals surface area contributed by atoms with Crippen molar-refractivity contribution in [3.63, 3.8) is 0 Å². The molecule has 1 atom stereocenters. The molecule has 1 fully saturated rings. The minimum Gasteiger partial charge on any atom is -0.506 e. The van der Waals surface area contributed by atoms with Crippen LogP contribution < -0.4 is 5.32 Å². The van der Waals surface area contributed by atoms with Gasteiger partial charge in [0.2, 0.25) is 0 Å². The summed E-state index contributed by atoms with van der Waals surface area (Å²) in [5.74, 6) is 0.0583. The van der Waals surface area contributed by atoms with Gasteiger partial charge in [-0.05, 0) is 6.07 Å². The van der Waals surface area contributed by atoms with Crippen LogP contribution in [0.1, 0.15) is 17.2 Å². The third-order valence-electron chi connectivity index (χ3n) is 2.48. The molecule has 0 bridgehead atoms. The summed E-state index contributed by atoms with van der Waals surface area (Å²) >= 11 is 0. The zero-order valence-electron chi connectivity index (χ0n) is 8.23. The van der Waals surface area contributed by atoms with Crippen LogP contribution in [0.2, 0.25) is 0 Å². The Labute approximate surface area is 88.1 Å². The first-order chi connectivity index (χ1) is 7.33. The van der Waals surface area contributed by atoms with E-state index in [2.05, 4.69) is 5.32 Å². The molecule has 4 nitrogen and oxygen atoms in total. The van der Waals surface area contributed by atoms with Gasteiger partial charge in [-0.2, -0.15) is 5.26 Å². The fourth-order valence-electron chi connectivity index (χ4n) is 1.70. The molecule has 0 spiro atoms. The molecule has 1 aliphatic heterocycles. The van der Waals surface area contributed by atoms with Gasteiger partial charge in [-0.15, -0.1) is 0 Å². The van der Waals surface area contributed by atoms with Gasteiger partial charge in [-0.3, -0.25) is 0 Å². The summed E-state index contributed by atoms with van der Waals surface area (Å²) in [6, 6.07) is 7.11. The van der Waals surface area contributed by atoms with Gasteiger partial charge in [0.25, 0.3) is 0 Å². The monoisotopic (exact) mass is 204 g/mol. The zero-order chi connectivity index (χ0) is 10.7. The van der Waals surface area contributed by atoms with E-state index in [9.17, 15) is 5.11 Å². The highest BCUT2D eigenvalue weighted by Crippen LogP contribution is 2.28. The molecule has 78 valence electrons. The molecule has 1 aromatic rings. The predicted octanol–water partition coefficient (Wildman–Crippen LogP) is 0.925. The zero-order valence-corrected chi connectivity index (χ0v) is 8.23. The lowest BCUT2D eigenvalue weighted by Gasteiger charge is -2.24. The second kappa shape index (κ2) is 4.30. The number of ether oxygens (including phenoxy) is 1. The lowest BCUT2D eigenvalue weighted by atomic mass is 10.0. The number of hydrogen-bond acceptors (Lipinski definition) is 4. The SMILES string of the molecule is N#Cc1cccc([C@H]2COCCN2)c1O. The molecule has 1 aromatic carbocycles. The van der Waals surface area contributed by atoms with Crippen LogP contribution in [0.5, 0.6) is 5.75 Å².